The van der Waals surface area contributed by atoms with Gasteiger partial charge < -0.3 is 4.74 Å². The molecule has 1 heterocycles. The predicted octanol–water partition coefficient (Wildman–Crippen LogP) is 4.29. The van der Waals surface area contributed by atoms with Crippen molar-refractivity contribution in [2.24, 2.45) is 0 Å². The summed E-state index contributed by atoms with van der Waals surface area (Å²) in [5, 5.41) is 9.27. The molecule has 0 N–H and O–H groups in total. The minimum atomic E-state index is 0.428. The number of ether oxygens (including phenoxy) is 1. The van der Waals surface area contributed by atoms with E-state index in [2.05, 4.69) is 41.3 Å². The van der Waals surface area contributed by atoms with Gasteiger partial charge in [0, 0.05) is 12.6 Å². The number of hydrogen-bond acceptors (Lipinski definition) is 3. The van der Waals surface area contributed by atoms with Gasteiger partial charge in [0.1, 0.15) is 5.75 Å². The lowest BCUT2D eigenvalue weighted by Gasteiger charge is -2.25. The second-order valence-corrected chi connectivity index (χ2v) is 5.90. The second-order valence-electron chi connectivity index (χ2n) is 5.90. The molecule has 1 aliphatic rings. The first-order valence-corrected chi connectivity index (χ1v) is 8.26. The van der Waals surface area contributed by atoms with Crippen LogP contribution in [0.5, 0.6) is 5.75 Å². The summed E-state index contributed by atoms with van der Waals surface area (Å²) in [7, 11) is 0. The molecule has 0 bridgehead atoms. The zero-order valence-corrected chi connectivity index (χ0v) is 13.5. The molecular formula is C20H22N2O. The molecule has 3 nitrogen and oxygen atoms in total. The van der Waals surface area contributed by atoms with Gasteiger partial charge in [-0.2, -0.15) is 5.26 Å². The molecule has 1 saturated heterocycles. The van der Waals surface area contributed by atoms with E-state index in [1.54, 1.807) is 0 Å². The number of hydrogen-bond donors (Lipinski definition) is 0. The molecule has 0 radical (unpaired) electrons. The predicted molar refractivity (Wildman–Crippen MR) is 91.2 cm³/mol. The first-order chi connectivity index (χ1) is 11.3. The van der Waals surface area contributed by atoms with Gasteiger partial charge in [-0.3, -0.25) is 4.90 Å². The molecule has 3 rings (SSSR count). The van der Waals surface area contributed by atoms with Crippen molar-refractivity contribution in [3.8, 4) is 11.8 Å². The van der Waals surface area contributed by atoms with Crippen LogP contribution in [0.2, 0.25) is 0 Å². The molecule has 0 spiro atoms. The van der Waals surface area contributed by atoms with Crippen LogP contribution >= 0.6 is 0 Å². The van der Waals surface area contributed by atoms with Crippen molar-refractivity contribution in [3.05, 3.63) is 65.2 Å². The molecule has 0 aromatic heterocycles. The van der Waals surface area contributed by atoms with E-state index in [-0.39, 0.29) is 0 Å². The van der Waals surface area contributed by atoms with Gasteiger partial charge in [-0.1, -0.05) is 30.3 Å². The molecular weight excluding hydrogens is 284 g/mol. The van der Waals surface area contributed by atoms with Gasteiger partial charge in [0.2, 0.25) is 0 Å². The third-order valence-electron chi connectivity index (χ3n) is 4.45. The molecule has 2 aromatic carbocycles. The van der Waals surface area contributed by atoms with Gasteiger partial charge in [-0.15, -0.1) is 0 Å². The zero-order valence-electron chi connectivity index (χ0n) is 13.5. The van der Waals surface area contributed by atoms with E-state index in [0.717, 1.165) is 30.0 Å². The third-order valence-corrected chi connectivity index (χ3v) is 4.45. The summed E-state index contributed by atoms with van der Waals surface area (Å²) in [6.45, 7) is 4.61. The average Bonchev–Trinajstić information content (AvgIpc) is 3.04. The lowest BCUT2D eigenvalue weighted by atomic mass is 10.0. The molecule has 1 atom stereocenters. The lowest BCUT2D eigenvalue weighted by Crippen LogP contribution is -2.23. The van der Waals surface area contributed by atoms with Crippen LogP contribution < -0.4 is 4.74 Å². The number of benzene rings is 2. The maximum absolute atomic E-state index is 9.27. The van der Waals surface area contributed by atoms with E-state index in [0.29, 0.717) is 12.6 Å². The Bertz CT molecular complexity index is 688. The summed E-state index contributed by atoms with van der Waals surface area (Å²) in [4.78, 5) is 2.48. The van der Waals surface area contributed by atoms with E-state index >= 15 is 0 Å². The van der Waals surface area contributed by atoms with Gasteiger partial charge in [-0.25, -0.2) is 0 Å². The van der Waals surface area contributed by atoms with Crippen molar-refractivity contribution >= 4 is 0 Å². The number of rotatable bonds is 5. The Morgan fingerprint density at radius 1 is 1.17 bits per heavy atom. The summed E-state index contributed by atoms with van der Waals surface area (Å²) >= 11 is 0. The summed E-state index contributed by atoms with van der Waals surface area (Å²) in [6.07, 6.45) is 2.37. The molecule has 1 fully saturated rings. The SMILES string of the molecule is CCOc1ccc(C2CCCN2Cc2ccccc2C#N)cc1. The Morgan fingerprint density at radius 3 is 2.70 bits per heavy atom. The minimum Gasteiger partial charge on any atom is -0.494 e. The molecule has 0 saturated carbocycles. The zero-order chi connectivity index (χ0) is 16.1. The standard InChI is InChI=1S/C20H22N2O/c1-2-23-19-11-9-16(10-12-19)20-8-5-13-22(20)15-18-7-4-3-6-17(18)14-21/h3-4,6-7,9-12,20H,2,5,8,13,15H2,1H3. The van der Waals surface area contributed by atoms with Crippen molar-refractivity contribution in [2.45, 2.75) is 32.4 Å². The number of nitrogens with zero attached hydrogens (tertiary/aromatic N) is 2. The van der Waals surface area contributed by atoms with Crippen molar-refractivity contribution in [1.82, 2.24) is 4.90 Å². The van der Waals surface area contributed by atoms with Gasteiger partial charge in [-0.05, 0) is 55.6 Å². The van der Waals surface area contributed by atoms with Crippen molar-refractivity contribution in [3.63, 3.8) is 0 Å². The Hall–Kier alpha value is -2.31. The summed E-state index contributed by atoms with van der Waals surface area (Å²) in [5.74, 6) is 0.927. The van der Waals surface area contributed by atoms with Crippen LogP contribution in [-0.2, 0) is 6.54 Å². The summed E-state index contributed by atoms with van der Waals surface area (Å²) in [6, 6.07) is 19.1. The second kappa shape index (κ2) is 7.30. The van der Waals surface area contributed by atoms with Crippen molar-refractivity contribution < 1.29 is 4.74 Å². The molecule has 1 aliphatic heterocycles. The van der Waals surface area contributed by atoms with Gasteiger partial charge in [0.05, 0.1) is 18.2 Å². The van der Waals surface area contributed by atoms with Crippen LogP contribution in [0.4, 0.5) is 0 Å². The summed E-state index contributed by atoms with van der Waals surface area (Å²) < 4.78 is 5.53. The van der Waals surface area contributed by atoms with Crippen LogP contribution in [0, 0.1) is 11.3 Å². The van der Waals surface area contributed by atoms with Crippen molar-refractivity contribution in [1.29, 1.82) is 5.26 Å². The fourth-order valence-corrected chi connectivity index (χ4v) is 3.33. The van der Waals surface area contributed by atoms with Gasteiger partial charge in [0.25, 0.3) is 0 Å². The molecule has 0 amide bonds. The highest BCUT2D eigenvalue weighted by Crippen LogP contribution is 2.34. The molecule has 3 heteroatoms. The highest BCUT2D eigenvalue weighted by Gasteiger charge is 2.26. The smallest absolute Gasteiger partial charge is 0.119 e. The van der Waals surface area contributed by atoms with E-state index in [1.807, 2.05) is 25.1 Å². The Balaban J connectivity index is 1.76. The normalized spacial score (nSPS) is 17.8. The van der Waals surface area contributed by atoms with Gasteiger partial charge in [0.15, 0.2) is 0 Å². The van der Waals surface area contributed by atoms with E-state index < -0.39 is 0 Å². The Kier molecular flexibility index (Phi) is 4.95. The van der Waals surface area contributed by atoms with Gasteiger partial charge >= 0.3 is 0 Å². The highest BCUT2D eigenvalue weighted by atomic mass is 16.5. The quantitative estimate of drug-likeness (QED) is 0.826. The van der Waals surface area contributed by atoms with E-state index in [1.165, 1.54) is 18.4 Å². The lowest BCUT2D eigenvalue weighted by molar-refractivity contribution is 0.248. The van der Waals surface area contributed by atoms with Crippen LogP contribution in [0.1, 0.15) is 42.5 Å². The van der Waals surface area contributed by atoms with Crippen LogP contribution in [0.25, 0.3) is 0 Å². The first kappa shape index (κ1) is 15.6. The number of likely N-dealkylation sites (tertiary alicyclic amines) is 1. The Morgan fingerprint density at radius 2 is 1.96 bits per heavy atom. The third kappa shape index (κ3) is 3.55. The van der Waals surface area contributed by atoms with Crippen LogP contribution in [0.15, 0.2) is 48.5 Å². The molecule has 23 heavy (non-hydrogen) atoms. The largest absolute Gasteiger partial charge is 0.494 e. The van der Waals surface area contributed by atoms with E-state index in [4.69, 9.17) is 4.74 Å². The Labute approximate surface area is 138 Å². The fraction of sp³-hybridized carbons (Fsp3) is 0.350. The topological polar surface area (TPSA) is 36.3 Å². The maximum Gasteiger partial charge on any atom is 0.119 e. The molecule has 118 valence electrons. The minimum absolute atomic E-state index is 0.428. The molecule has 2 aromatic rings. The van der Waals surface area contributed by atoms with Crippen LogP contribution in [-0.4, -0.2) is 18.1 Å². The monoisotopic (exact) mass is 306 g/mol. The first-order valence-electron chi connectivity index (χ1n) is 8.26. The summed E-state index contributed by atoms with van der Waals surface area (Å²) in [5.41, 5.74) is 3.23. The molecule has 1 unspecified atom stereocenters. The van der Waals surface area contributed by atoms with E-state index in [9.17, 15) is 5.26 Å². The number of nitriles is 1. The fourth-order valence-electron chi connectivity index (χ4n) is 3.33. The average molecular weight is 306 g/mol. The maximum atomic E-state index is 9.27. The van der Waals surface area contributed by atoms with Crippen LogP contribution in [0.3, 0.4) is 0 Å². The highest BCUT2D eigenvalue weighted by molar-refractivity contribution is 5.37. The van der Waals surface area contributed by atoms with Crippen molar-refractivity contribution in [2.75, 3.05) is 13.2 Å². The molecule has 0 aliphatic carbocycles.